The van der Waals surface area contributed by atoms with Crippen LogP contribution in [0, 0.1) is 0 Å². The van der Waals surface area contributed by atoms with E-state index in [1.54, 1.807) is 0 Å². The molecule has 0 aliphatic carbocycles. The number of aliphatic hydroxyl groups excluding tert-OH is 1. The number of benzene rings is 2. The summed E-state index contributed by atoms with van der Waals surface area (Å²) in [6.07, 6.45) is 1.24. The van der Waals surface area contributed by atoms with Crippen LogP contribution in [0.2, 0.25) is 5.04 Å². The number of hydrogen-bond donors (Lipinski definition) is 2. The molecule has 178 valence electrons. The first kappa shape index (κ1) is 27.3. The van der Waals surface area contributed by atoms with E-state index in [1.807, 2.05) is 50.2 Å². The van der Waals surface area contributed by atoms with Gasteiger partial charge in [0.2, 0.25) is 0 Å². The van der Waals surface area contributed by atoms with Crippen molar-refractivity contribution in [1.82, 2.24) is 0 Å². The van der Waals surface area contributed by atoms with Crippen LogP contribution in [-0.2, 0) is 13.0 Å². The summed E-state index contributed by atoms with van der Waals surface area (Å²) in [5.74, 6) is 0. The zero-order valence-electron chi connectivity index (χ0n) is 19.9. The van der Waals surface area contributed by atoms with Crippen molar-refractivity contribution in [3.8, 4) is 0 Å². The minimum absolute atomic E-state index is 0.228. The second-order valence-corrected chi connectivity index (χ2v) is 16.4. The highest BCUT2D eigenvalue weighted by molar-refractivity contribution is 7.98. The standard InChI is InChI=1S/C24H37O5PSSi/c1-7-24(8-2,22(19-25)31-29-30(6,26)27)28-32(23(3,4)5,20-15-11-9-12-16-20)21-17-13-10-14-18-21/h9-18,22,25H,7-8,19H2,1-6H3,(H,26,27)/t22-/m0/s1. The highest BCUT2D eigenvalue weighted by Gasteiger charge is 2.55. The van der Waals surface area contributed by atoms with Crippen LogP contribution in [0.1, 0.15) is 47.5 Å². The second-order valence-electron chi connectivity index (χ2n) is 9.18. The molecule has 0 bridgehead atoms. The van der Waals surface area contributed by atoms with E-state index in [0.29, 0.717) is 12.8 Å². The maximum absolute atomic E-state index is 11.8. The quantitative estimate of drug-likeness (QED) is 0.260. The van der Waals surface area contributed by atoms with Crippen LogP contribution in [0.3, 0.4) is 0 Å². The van der Waals surface area contributed by atoms with Crippen LogP contribution >= 0.6 is 19.6 Å². The largest absolute Gasteiger partial charge is 0.401 e. The van der Waals surface area contributed by atoms with Gasteiger partial charge in [-0.05, 0) is 28.3 Å². The summed E-state index contributed by atoms with van der Waals surface area (Å²) < 4.78 is 24.4. The molecule has 2 rings (SSSR count). The lowest BCUT2D eigenvalue weighted by atomic mass is 9.93. The van der Waals surface area contributed by atoms with Gasteiger partial charge in [0.05, 0.1) is 17.5 Å². The lowest BCUT2D eigenvalue weighted by Gasteiger charge is -2.51. The second kappa shape index (κ2) is 11.0. The molecule has 0 radical (unpaired) electrons. The van der Waals surface area contributed by atoms with Gasteiger partial charge in [0.15, 0.2) is 0 Å². The molecule has 2 N–H and O–H groups in total. The molecule has 0 aromatic heterocycles. The third-order valence-corrected chi connectivity index (χ3v) is 13.4. The molecular weight excluding hydrogens is 459 g/mol. The van der Waals surface area contributed by atoms with Gasteiger partial charge >= 0.3 is 7.60 Å². The predicted octanol–water partition coefficient (Wildman–Crippen LogP) is 4.96. The molecule has 2 atom stereocenters. The first-order valence-corrected chi connectivity index (χ1v) is 15.8. The summed E-state index contributed by atoms with van der Waals surface area (Å²) in [5.41, 5.74) is -0.764. The molecule has 0 spiro atoms. The fraction of sp³-hybridized carbons (Fsp3) is 0.500. The van der Waals surface area contributed by atoms with Crippen LogP contribution < -0.4 is 10.4 Å². The van der Waals surface area contributed by atoms with Gasteiger partial charge in [-0.15, -0.1) is 0 Å². The highest BCUT2D eigenvalue weighted by Crippen LogP contribution is 2.48. The monoisotopic (exact) mass is 496 g/mol. The molecule has 8 heteroatoms. The average molecular weight is 497 g/mol. The van der Waals surface area contributed by atoms with Gasteiger partial charge in [-0.25, -0.2) is 3.97 Å². The fourth-order valence-electron chi connectivity index (χ4n) is 4.29. The Balaban J connectivity index is 2.73. The van der Waals surface area contributed by atoms with E-state index in [9.17, 15) is 14.6 Å². The Labute approximate surface area is 198 Å². The summed E-state index contributed by atoms with van der Waals surface area (Å²) in [7, 11) is -6.61. The normalized spacial score (nSPS) is 15.9. The van der Waals surface area contributed by atoms with E-state index < -0.39 is 26.8 Å². The maximum Gasteiger partial charge on any atom is 0.336 e. The minimum atomic E-state index is -3.72. The summed E-state index contributed by atoms with van der Waals surface area (Å²) >= 11 is 0.860. The zero-order chi connectivity index (χ0) is 24.0. The smallest absolute Gasteiger partial charge is 0.336 e. The summed E-state index contributed by atoms with van der Waals surface area (Å²) in [5, 5.41) is 11.9. The number of aliphatic hydroxyl groups is 1. The Morgan fingerprint density at radius 3 is 1.72 bits per heavy atom. The summed E-state index contributed by atoms with van der Waals surface area (Å²) in [4.78, 5) is 9.69. The van der Waals surface area contributed by atoms with Gasteiger partial charge in [-0.2, -0.15) is 0 Å². The van der Waals surface area contributed by atoms with Gasteiger partial charge < -0.3 is 14.4 Å². The molecule has 0 amide bonds. The Kier molecular flexibility index (Phi) is 9.39. The van der Waals surface area contributed by atoms with E-state index in [2.05, 4.69) is 45.0 Å². The van der Waals surface area contributed by atoms with E-state index in [1.165, 1.54) is 0 Å². The van der Waals surface area contributed by atoms with Gasteiger partial charge in [-0.1, -0.05) is 95.3 Å². The highest BCUT2D eigenvalue weighted by atomic mass is 32.2. The SMILES string of the molecule is CCC(CC)(O[Si](c1ccccc1)(c1ccccc1)C(C)(C)C)[C@H](CO)SOP(C)(=O)O. The Morgan fingerprint density at radius 1 is 0.969 bits per heavy atom. The van der Waals surface area contributed by atoms with Crippen LogP contribution in [0.4, 0.5) is 0 Å². The van der Waals surface area contributed by atoms with Crippen LogP contribution in [0.5, 0.6) is 0 Å². The van der Waals surface area contributed by atoms with Crippen molar-refractivity contribution in [1.29, 1.82) is 0 Å². The number of rotatable bonds is 11. The molecule has 32 heavy (non-hydrogen) atoms. The number of hydrogen-bond acceptors (Lipinski definition) is 5. The van der Waals surface area contributed by atoms with Crippen molar-refractivity contribution >= 4 is 38.3 Å². The third kappa shape index (κ3) is 5.95. The molecule has 0 aliphatic heterocycles. The van der Waals surface area contributed by atoms with Gasteiger partial charge in [0.25, 0.3) is 8.32 Å². The Bertz CT molecular complexity index is 839. The molecule has 0 fully saturated rings. The molecule has 0 aliphatic rings. The van der Waals surface area contributed by atoms with Crippen molar-refractivity contribution in [2.45, 2.75) is 63.3 Å². The maximum atomic E-state index is 11.8. The van der Waals surface area contributed by atoms with Crippen molar-refractivity contribution in [3.05, 3.63) is 60.7 Å². The van der Waals surface area contributed by atoms with Crippen LogP contribution in [0.15, 0.2) is 60.7 Å². The third-order valence-electron chi connectivity index (χ3n) is 6.02. The Hall–Kier alpha value is -0.923. The molecule has 0 saturated heterocycles. The van der Waals surface area contributed by atoms with Crippen molar-refractivity contribution in [2.75, 3.05) is 13.3 Å². The van der Waals surface area contributed by atoms with Gasteiger partial charge in [0, 0.05) is 18.7 Å². The van der Waals surface area contributed by atoms with E-state index in [-0.39, 0.29) is 11.6 Å². The Morgan fingerprint density at radius 2 is 1.41 bits per heavy atom. The summed E-state index contributed by atoms with van der Waals surface area (Å²) in [6.45, 7) is 11.6. The molecule has 2 aromatic carbocycles. The molecule has 5 nitrogen and oxygen atoms in total. The average Bonchev–Trinajstić information content (AvgIpc) is 2.76. The molecule has 0 saturated carbocycles. The lowest BCUT2D eigenvalue weighted by molar-refractivity contribution is 0.0298. The fourth-order valence-corrected chi connectivity index (χ4v) is 11.0. The van der Waals surface area contributed by atoms with Crippen LogP contribution in [-0.4, -0.2) is 42.4 Å². The van der Waals surface area contributed by atoms with Gasteiger partial charge in [0.1, 0.15) is 0 Å². The lowest BCUT2D eigenvalue weighted by Crippen LogP contribution is -2.71. The first-order chi connectivity index (χ1) is 15.0. The summed E-state index contributed by atoms with van der Waals surface area (Å²) in [6, 6.07) is 20.7. The minimum Gasteiger partial charge on any atom is -0.401 e. The molecule has 2 aromatic rings. The molecule has 1 unspecified atom stereocenters. The topological polar surface area (TPSA) is 76.0 Å². The van der Waals surface area contributed by atoms with Crippen molar-refractivity contribution in [3.63, 3.8) is 0 Å². The van der Waals surface area contributed by atoms with Gasteiger partial charge in [-0.3, -0.25) is 4.57 Å². The first-order valence-electron chi connectivity index (χ1n) is 11.0. The zero-order valence-corrected chi connectivity index (χ0v) is 22.7. The predicted molar refractivity (Wildman–Crippen MR) is 137 cm³/mol. The molecule has 0 heterocycles. The van der Waals surface area contributed by atoms with E-state index in [4.69, 9.17) is 8.40 Å². The van der Waals surface area contributed by atoms with Crippen molar-refractivity contribution in [2.24, 2.45) is 0 Å². The van der Waals surface area contributed by atoms with Crippen molar-refractivity contribution < 1.29 is 23.0 Å². The van der Waals surface area contributed by atoms with Crippen LogP contribution in [0.25, 0.3) is 0 Å². The van der Waals surface area contributed by atoms with E-state index in [0.717, 1.165) is 29.1 Å². The molecular formula is C24H37O5PSSi. The van der Waals surface area contributed by atoms with E-state index >= 15 is 0 Å².